The highest BCUT2D eigenvalue weighted by Gasteiger charge is 2.10. The second kappa shape index (κ2) is 5.93. The van der Waals surface area contributed by atoms with Crippen molar-refractivity contribution in [3.63, 3.8) is 0 Å². The van der Waals surface area contributed by atoms with Gasteiger partial charge in [-0.25, -0.2) is 4.79 Å². The maximum Gasteiger partial charge on any atom is 0.336 e. The van der Waals surface area contributed by atoms with Crippen molar-refractivity contribution in [3.8, 4) is 16.5 Å². The van der Waals surface area contributed by atoms with Gasteiger partial charge in [0.15, 0.2) is 6.61 Å². The first kappa shape index (κ1) is 14.6. The molecule has 0 aliphatic carbocycles. The van der Waals surface area contributed by atoms with Crippen LogP contribution in [-0.2, 0) is 6.61 Å². The van der Waals surface area contributed by atoms with Gasteiger partial charge in [0, 0.05) is 17.5 Å². The molecule has 3 aromatic heterocycles. The predicted molar refractivity (Wildman–Crippen MR) is 89.2 cm³/mol. The third-order valence-corrected chi connectivity index (χ3v) is 4.34. The molecule has 0 unspecified atom stereocenters. The quantitative estimate of drug-likeness (QED) is 0.526. The molecule has 0 spiro atoms. The van der Waals surface area contributed by atoms with Crippen molar-refractivity contribution < 1.29 is 13.6 Å². The van der Waals surface area contributed by atoms with Crippen LogP contribution in [0, 0.1) is 6.92 Å². The fraction of sp³-hybridized carbons (Fsp3) is 0.118. The third-order valence-electron chi connectivity index (χ3n) is 3.48. The Morgan fingerprint density at radius 2 is 2.08 bits per heavy atom. The molecule has 4 aromatic rings. The molecule has 0 bridgehead atoms. The number of hydrogen-bond acceptors (Lipinski definition) is 7. The minimum Gasteiger partial charge on any atom is -0.484 e. The van der Waals surface area contributed by atoms with Crippen LogP contribution in [-0.4, -0.2) is 10.2 Å². The topological polar surface area (TPSA) is 78.4 Å². The number of thiophene rings is 1. The van der Waals surface area contributed by atoms with E-state index in [0.717, 1.165) is 15.8 Å². The largest absolute Gasteiger partial charge is 0.484 e. The summed E-state index contributed by atoms with van der Waals surface area (Å²) in [7, 11) is 0. The second-order valence-electron chi connectivity index (χ2n) is 5.17. The standard InChI is InChI=1S/C17H12N2O4S/c1-10-7-16(20)22-13-8-11(4-5-12(10)13)21-9-15-18-19-17(23-15)14-3-2-6-24-14/h2-8H,9H2,1H3. The van der Waals surface area contributed by atoms with E-state index in [2.05, 4.69) is 10.2 Å². The average Bonchev–Trinajstić information content (AvgIpc) is 3.23. The Hall–Kier alpha value is -2.93. The summed E-state index contributed by atoms with van der Waals surface area (Å²) in [5, 5.41) is 10.8. The van der Waals surface area contributed by atoms with Gasteiger partial charge in [-0.15, -0.1) is 21.5 Å². The number of aromatic nitrogens is 2. The lowest BCUT2D eigenvalue weighted by Gasteiger charge is -2.05. The zero-order valence-corrected chi connectivity index (χ0v) is 13.5. The Balaban J connectivity index is 1.54. The monoisotopic (exact) mass is 340 g/mol. The number of ether oxygens (including phenoxy) is 1. The fourth-order valence-corrected chi connectivity index (χ4v) is 3.00. The highest BCUT2D eigenvalue weighted by atomic mass is 32.1. The summed E-state index contributed by atoms with van der Waals surface area (Å²) in [6.45, 7) is 2.00. The van der Waals surface area contributed by atoms with Crippen LogP contribution in [0.2, 0.25) is 0 Å². The van der Waals surface area contributed by atoms with Crippen LogP contribution in [0.5, 0.6) is 5.75 Å². The molecule has 0 atom stereocenters. The Labute approximate surface area is 140 Å². The summed E-state index contributed by atoms with van der Waals surface area (Å²) in [6, 6.07) is 10.6. The molecule has 0 N–H and O–H groups in total. The lowest BCUT2D eigenvalue weighted by atomic mass is 10.1. The molecule has 0 aliphatic heterocycles. The van der Waals surface area contributed by atoms with Gasteiger partial charge in [-0.1, -0.05) is 6.07 Å². The SMILES string of the molecule is Cc1cc(=O)oc2cc(OCc3nnc(-c4cccs4)o3)ccc12. The van der Waals surface area contributed by atoms with Crippen molar-refractivity contribution in [1.29, 1.82) is 0 Å². The molecule has 0 aliphatic rings. The van der Waals surface area contributed by atoms with Gasteiger partial charge in [0.25, 0.3) is 11.8 Å². The first-order chi connectivity index (χ1) is 11.7. The third kappa shape index (κ3) is 2.81. The van der Waals surface area contributed by atoms with Gasteiger partial charge >= 0.3 is 5.63 Å². The predicted octanol–water partition coefficient (Wildman–Crippen LogP) is 3.79. The lowest BCUT2D eigenvalue weighted by Crippen LogP contribution is -1.99. The molecule has 120 valence electrons. The number of rotatable bonds is 4. The van der Waals surface area contributed by atoms with Crippen LogP contribution in [0.25, 0.3) is 21.7 Å². The molecule has 0 saturated heterocycles. The van der Waals surface area contributed by atoms with Crippen LogP contribution >= 0.6 is 11.3 Å². The van der Waals surface area contributed by atoms with Gasteiger partial charge < -0.3 is 13.6 Å². The molecule has 1 aromatic carbocycles. The summed E-state index contributed by atoms with van der Waals surface area (Å²) in [4.78, 5) is 12.4. The van der Waals surface area contributed by atoms with Crippen molar-refractivity contribution in [1.82, 2.24) is 10.2 Å². The van der Waals surface area contributed by atoms with Crippen LogP contribution in [0.3, 0.4) is 0 Å². The zero-order chi connectivity index (χ0) is 16.5. The molecular weight excluding hydrogens is 328 g/mol. The molecule has 0 radical (unpaired) electrons. The molecule has 0 amide bonds. The number of benzene rings is 1. The average molecular weight is 340 g/mol. The van der Waals surface area contributed by atoms with Gasteiger partial charge in [-0.3, -0.25) is 0 Å². The van der Waals surface area contributed by atoms with Crippen LogP contribution in [0.1, 0.15) is 11.5 Å². The number of fused-ring (bicyclic) bond motifs is 1. The van der Waals surface area contributed by atoms with Gasteiger partial charge in [-0.2, -0.15) is 0 Å². The van der Waals surface area contributed by atoms with Crippen molar-refractivity contribution >= 4 is 22.3 Å². The maximum atomic E-state index is 11.5. The minimum atomic E-state index is -0.380. The summed E-state index contributed by atoms with van der Waals surface area (Å²) in [5.41, 5.74) is 0.974. The van der Waals surface area contributed by atoms with E-state index in [1.807, 2.05) is 36.6 Å². The van der Waals surface area contributed by atoms with Crippen molar-refractivity contribution in [2.24, 2.45) is 0 Å². The fourth-order valence-electron chi connectivity index (χ4n) is 2.35. The van der Waals surface area contributed by atoms with E-state index in [-0.39, 0.29) is 12.2 Å². The summed E-state index contributed by atoms with van der Waals surface area (Å²) in [5.74, 6) is 1.42. The van der Waals surface area contributed by atoms with E-state index >= 15 is 0 Å². The van der Waals surface area contributed by atoms with E-state index in [4.69, 9.17) is 13.6 Å². The van der Waals surface area contributed by atoms with Crippen LogP contribution in [0.4, 0.5) is 0 Å². The van der Waals surface area contributed by atoms with E-state index < -0.39 is 0 Å². The molecular formula is C17H12N2O4S. The highest BCUT2D eigenvalue weighted by molar-refractivity contribution is 7.13. The number of aryl methyl sites for hydroxylation is 1. The zero-order valence-electron chi connectivity index (χ0n) is 12.7. The summed E-state index contributed by atoms with van der Waals surface area (Å²) < 4.78 is 16.4. The Bertz CT molecular complexity index is 1050. The second-order valence-corrected chi connectivity index (χ2v) is 6.12. The Morgan fingerprint density at radius 3 is 2.92 bits per heavy atom. The molecule has 0 saturated carbocycles. The Morgan fingerprint density at radius 1 is 1.17 bits per heavy atom. The smallest absolute Gasteiger partial charge is 0.336 e. The summed E-state index contributed by atoms with van der Waals surface area (Å²) >= 11 is 1.53. The molecule has 4 rings (SSSR count). The first-order valence-electron chi connectivity index (χ1n) is 7.22. The molecule has 24 heavy (non-hydrogen) atoms. The first-order valence-corrected chi connectivity index (χ1v) is 8.10. The van der Waals surface area contributed by atoms with Crippen molar-refractivity contribution in [3.05, 3.63) is 63.7 Å². The normalized spacial score (nSPS) is 11.0. The number of hydrogen-bond donors (Lipinski definition) is 0. The van der Waals surface area contributed by atoms with Crippen molar-refractivity contribution in [2.45, 2.75) is 13.5 Å². The highest BCUT2D eigenvalue weighted by Crippen LogP contribution is 2.25. The van der Waals surface area contributed by atoms with E-state index in [0.29, 0.717) is 23.1 Å². The van der Waals surface area contributed by atoms with Crippen molar-refractivity contribution in [2.75, 3.05) is 0 Å². The van der Waals surface area contributed by atoms with Crippen LogP contribution < -0.4 is 10.4 Å². The van der Waals surface area contributed by atoms with Gasteiger partial charge in [0.2, 0.25) is 0 Å². The molecule has 3 heterocycles. The molecule has 6 nitrogen and oxygen atoms in total. The van der Waals surface area contributed by atoms with Crippen LogP contribution in [0.15, 0.2) is 55.4 Å². The van der Waals surface area contributed by atoms with Gasteiger partial charge in [-0.05, 0) is 36.1 Å². The van der Waals surface area contributed by atoms with E-state index in [9.17, 15) is 4.79 Å². The van der Waals surface area contributed by atoms with E-state index in [1.54, 1.807) is 6.07 Å². The minimum absolute atomic E-state index is 0.139. The number of nitrogens with zero attached hydrogens (tertiary/aromatic N) is 2. The van der Waals surface area contributed by atoms with E-state index in [1.165, 1.54) is 17.4 Å². The lowest BCUT2D eigenvalue weighted by molar-refractivity contribution is 0.264. The maximum absolute atomic E-state index is 11.5. The van der Waals surface area contributed by atoms with Gasteiger partial charge in [0.1, 0.15) is 11.3 Å². The molecule has 0 fully saturated rings. The Kier molecular flexibility index (Phi) is 3.62. The summed E-state index contributed by atoms with van der Waals surface area (Å²) in [6.07, 6.45) is 0. The van der Waals surface area contributed by atoms with Gasteiger partial charge in [0.05, 0.1) is 4.88 Å². The molecule has 7 heteroatoms.